The summed E-state index contributed by atoms with van der Waals surface area (Å²) >= 11 is 15.7. The molecule has 0 bridgehead atoms. The van der Waals surface area contributed by atoms with Gasteiger partial charge >= 0.3 is 0 Å². The Morgan fingerprint density at radius 1 is 1.29 bits per heavy atom. The minimum absolute atomic E-state index is 0.144. The van der Waals surface area contributed by atoms with Gasteiger partial charge in [0.15, 0.2) is 0 Å². The fourth-order valence-corrected chi connectivity index (χ4v) is 3.31. The van der Waals surface area contributed by atoms with Gasteiger partial charge in [-0.15, -0.1) is 0 Å². The average Bonchev–Trinajstić information content (AvgIpc) is 2.58. The number of nitrogens with zero attached hydrogens (tertiary/aromatic N) is 2. The Balaban J connectivity index is 1.91. The minimum atomic E-state index is -0.342. The van der Waals surface area contributed by atoms with Gasteiger partial charge in [-0.1, -0.05) is 29.3 Å². The summed E-state index contributed by atoms with van der Waals surface area (Å²) in [7, 11) is 0. The zero-order chi connectivity index (χ0) is 17.1. The van der Waals surface area contributed by atoms with E-state index in [-0.39, 0.29) is 11.1 Å². The van der Waals surface area contributed by atoms with Crippen LogP contribution in [0.25, 0.3) is 0 Å². The summed E-state index contributed by atoms with van der Waals surface area (Å²) < 4.78 is 6.05. The second kappa shape index (κ2) is 7.70. The van der Waals surface area contributed by atoms with E-state index in [0.717, 1.165) is 5.69 Å². The normalized spacial score (nSPS) is 14.5. The number of anilines is 2. The maximum absolute atomic E-state index is 12.6. The third-order valence-corrected chi connectivity index (χ3v) is 4.65. The number of aromatic nitrogens is 1. The molecule has 126 valence electrons. The van der Waals surface area contributed by atoms with Gasteiger partial charge in [0.25, 0.3) is 5.91 Å². The van der Waals surface area contributed by atoms with Crippen LogP contribution in [0.5, 0.6) is 0 Å². The van der Waals surface area contributed by atoms with Crippen molar-refractivity contribution in [2.45, 2.75) is 0 Å². The number of ether oxygens (including phenoxy) is 1. The van der Waals surface area contributed by atoms with E-state index in [1.165, 1.54) is 6.20 Å². The average molecular weight is 431 g/mol. The Labute approximate surface area is 158 Å². The summed E-state index contributed by atoms with van der Waals surface area (Å²) in [6, 6.07) is 7.04. The smallest absolute Gasteiger partial charge is 0.258 e. The third kappa shape index (κ3) is 3.83. The molecule has 8 heteroatoms. The van der Waals surface area contributed by atoms with Crippen molar-refractivity contribution in [1.29, 1.82) is 0 Å². The molecule has 2 heterocycles. The lowest BCUT2D eigenvalue weighted by atomic mass is 10.2. The summed E-state index contributed by atoms with van der Waals surface area (Å²) in [6.45, 7) is 2.68. The van der Waals surface area contributed by atoms with E-state index < -0.39 is 0 Å². The molecule has 1 saturated heterocycles. The van der Waals surface area contributed by atoms with Gasteiger partial charge in [0.1, 0.15) is 5.15 Å². The van der Waals surface area contributed by atoms with Crippen molar-refractivity contribution in [2.75, 3.05) is 36.5 Å². The maximum atomic E-state index is 12.6. The van der Waals surface area contributed by atoms with Crippen LogP contribution in [0, 0.1) is 0 Å². The van der Waals surface area contributed by atoms with Crippen molar-refractivity contribution < 1.29 is 9.53 Å². The molecule has 1 aromatic heterocycles. The molecule has 3 rings (SSSR count). The molecule has 0 saturated carbocycles. The van der Waals surface area contributed by atoms with Crippen LogP contribution in [0.15, 0.2) is 34.9 Å². The zero-order valence-corrected chi connectivity index (χ0v) is 15.7. The number of carbonyl (C=O) groups excluding carboxylic acids is 1. The molecule has 1 aliphatic rings. The summed E-state index contributed by atoms with van der Waals surface area (Å²) in [5.74, 6) is -0.342. The largest absolute Gasteiger partial charge is 0.378 e. The highest BCUT2D eigenvalue weighted by Crippen LogP contribution is 2.35. The number of hydrogen-bond acceptors (Lipinski definition) is 4. The minimum Gasteiger partial charge on any atom is -0.378 e. The van der Waals surface area contributed by atoms with E-state index in [4.69, 9.17) is 27.9 Å². The van der Waals surface area contributed by atoms with E-state index in [1.807, 2.05) is 6.07 Å². The van der Waals surface area contributed by atoms with Crippen LogP contribution in [0.2, 0.25) is 10.2 Å². The van der Waals surface area contributed by atoms with Gasteiger partial charge in [0, 0.05) is 23.8 Å². The SMILES string of the molecule is O=C(Nc1cccc(Cl)c1N1CCOCC1)c1cc(Br)cnc1Cl. The quantitative estimate of drug-likeness (QED) is 0.740. The van der Waals surface area contributed by atoms with Gasteiger partial charge in [-0.3, -0.25) is 4.79 Å². The molecular weight excluding hydrogens is 417 g/mol. The standard InChI is InChI=1S/C16H14BrCl2N3O2/c17-10-8-11(15(19)20-9-10)16(23)21-13-3-1-2-12(18)14(13)22-4-6-24-7-5-22/h1-3,8-9H,4-7H2,(H,21,23). The molecule has 24 heavy (non-hydrogen) atoms. The number of halogens is 3. The Morgan fingerprint density at radius 2 is 2.04 bits per heavy atom. The predicted octanol–water partition coefficient (Wildman–Crippen LogP) is 4.24. The van der Waals surface area contributed by atoms with Gasteiger partial charge in [-0.05, 0) is 34.1 Å². The highest BCUT2D eigenvalue weighted by atomic mass is 79.9. The van der Waals surface area contributed by atoms with Crippen LogP contribution in [0.3, 0.4) is 0 Å². The van der Waals surface area contributed by atoms with Crippen LogP contribution in [-0.2, 0) is 4.74 Å². The maximum Gasteiger partial charge on any atom is 0.258 e. The number of pyridine rings is 1. The molecule has 1 N–H and O–H groups in total. The zero-order valence-electron chi connectivity index (χ0n) is 12.6. The first kappa shape index (κ1) is 17.5. The van der Waals surface area contributed by atoms with E-state index >= 15 is 0 Å². The molecule has 0 radical (unpaired) electrons. The first-order chi connectivity index (χ1) is 11.6. The van der Waals surface area contributed by atoms with Crippen LogP contribution in [0.1, 0.15) is 10.4 Å². The van der Waals surface area contributed by atoms with Gasteiger partial charge in [0.2, 0.25) is 0 Å². The molecular formula is C16H14BrCl2N3O2. The molecule has 1 aliphatic heterocycles. The van der Waals surface area contributed by atoms with Crippen molar-refractivity contribution in [3.63, 3.8) is 0 Å². The van der Waals surface area contributed by atoms with Crippen LogP contribution >= 0.6 is 39.1 Å². The molecule has 5 nitrogen and oxygen atoms in total. The van der Waals surface area contributed by atoms with Crippen molar-refractivity contribution >= 4 is 56.4 Å². The molecule has 2 aromatic rings. The summed E-state index contributed by atoms with van der Waals surface area (Å²) in [5, 5.41) is 3.60. The molecule has 1 fully saturated rings. The van der Waals surface area contributed by atoms with Gasteiger partial charge < -0.3 is 15.0 Å². The molecule has 1 amide bonds. The first-order valence-corrected chi connectivity index (χ1v) is 8.85. The number of morpholine rings is 1. The summed E-state index contributed by atoms with van der Waals surface area (Å²) in [4.78, 5) is 18.7. The van der Waals surface area contributed by atoms with Crippen LogP contribution < -0.4 is 10.2 Å². The van der Waals surface area contributed by atoms with Crippen molar-refractivity contribution in [3.8, 4) is 0 Å². The fraction of sp³-hybridized carbons (Fsp3) is 0.250. The highest BCUT2D eigenvalue weighted by Gasteiger charge is 2.20. The topological polar surface area (TPSA) is 54.5 Å². The summed E-state index contributed by atoms with van der Waals surface area (Å²) in [6.07, 6.45) is 1.54. The van der Waals surface area contributed by atoms with Gasteiger partial charge in [-0.25, -0.2) is 4.98 Å². The Kier molecular flexibility index (Phi) is 5.61. The second-order valence-electron chi connectivity index (χ2n) is 5.18. The van der Waals surface area contributed by atoms with E-state index in [1.54, 1.807) is 18.2 Å². The molecule has 0 aliphatic carbocycles. The number of rotatable bonds is 3. The number of hydrogen-bond donors (Lipinski definition) is 1. The number of carbonyl (C=O) groups is 1. The van der Waals surface area contributed by atoms with E-state index in [2.05, 4.69) is 31.1 Å². The Hall–Kier alpha value is -1.34. The lowest BCUT2D eigenvalue weighted by molar-refractivity contribution is 0.102. The fourth-order valence-electron chi connectivity index (χ4n) is 2.50. The van der Waals surface area contributed by atoms with Gasteiger partial charge in [-0.2, -0.15) is 0 Å². The van der Waals surface area contributed by atoms with Crippen molar-refractivity contribution in [2.24, 2.45) is 0 Å². The number of benzene rings is 1. The second-order valence-corrected chi connectivity index (χ2v) is 6.86. The summed E-state index contributed by atoms with van der Waals surface area (Å²) in [5.41, 5.74) is 1.71. The lowest BCUT2D eigenvalue weighted by Gasteiger charge is -2.31. The molecule has 0 spiro atoms. The van der Waals surface area contributed by atoms with Crippen molar-refractivity contribution in [3.05, 3.63) is 50.7 Å². The van der Waals surface area contributed by atoms with E-state index in [9.17, 15) is 4.79 Å². The molecule has 1 aromatic carbocycles. The highest BCUT2D eigenvalue weighted by molar-refractivity contribution is 9.10. The lowest BCUT2D eigenvalue weighted by Crippen LogP contribution is -2.37. The van der Waals surface area contributed by atoms with Crippen LogP contribution in [-0.4, -0.2) is 37.2 Å². The predicted molar refractivity (Wildman–Crippen MR) is 99.4 cm³/mol. The Bertz CT molecular complexity index is 767. The van der Waals surface area contributed by atoms with Crippen LogP contribution in [0.4, 0.5) is 11.4 Å². The first-order valence-electron chi connectivity index (χ1n) is 7.30. The molecule has 0 unspecified atom stereocenters. The number of nitrogens with one attached hydrogen (secondary N) is 1. The monoisotopic (exact) mass is 429 g/mol. The van der Waals surface area contributed by atoms with Crippen molar-refractivity contribution in [1.82, 2.24) is 4.98 Å². The third-order valence-electron chi connectivity index (χ3n) is 3.61. The molecule has 0 atom stereocenters. The number of amides is 1. The van der Waals surface area contributed by atoms with E-state index in [0.29, 0.717) is 47.0 Å². The Morgan fingerprint density at radius 3 is 2.79 bits per heavy atom. The number of para-hydroxylation sites is 1. The van der Waals surface area contributed by atoms with Gasteiger partial charge in [0.05, 0.1) is 35.2 Å².